The van der Waals surface area contributed by atoms with Gasteiger partial charge in [0.25, 0.3) is 0 Å². The second kappa shape index (κ2) is 5.60. The minimum absolute atomic E-state index is 0.0435. The Morgan fingerprint density at radius 1 is 1.35 bits per heavy atom. The monoisotopic (exact) mass is 280 g/mol. The van der Waals surface area contributed by atoms with E-state index in [4.69, 9.17) is 5.11 Å². The lowest BCUT2D eigenvalue weighted by Gasteiger charge is -2.45. The molecule has 20 heavy (non-hydrogen) atoms. The molecule has 4 atom stereocenters. The fourth-order valence-corrected chi connectivity index (χ4v) is 2.90. The maximum atomic E-state index is 12.1. The van der Waals surface area contributed by atoms with Crippen molar-refractivity contribution in [3.05, 3.63) is 12.2 Å². The number of aryl methyl sites for hydroxylation is 1. The SMILES string of the molecule is CC1C(C)[C@H](C(=O)NCCc2ncnn2C)[C@@H]1C(=O)O. The molecule has 1 fully saturated rings. The molecule has 1 saturated carbocycles. The Kier molecular flexibility index (Phi) is 4.06. The molecule has 2 rings (SSSR count). The third kappa shape index (κ3) is 2.52. The molecule has 1 aliphatic rings. The summed E-state index contributed by atoms with van der Waals surface area (Å²) in [6.07, 6.45) is 2.05. The smallest absolute Gasteiger partial charge is 0.307 e. The van der Waals surface area contributed by atoms with E-state index in [1.54, 1.807) is 11.7 Å². The molecule has 0 bridgehead atoms. The number of aliphatic carboxylic acids is 1. The standard InChI is InChI=1S/C13H20N4O3/c1-7-8(2)11(13(19)20)10(7)12(18)14-5-4-9-15-6-16-17(9)3/h6-8,10-11H,4-5H2,1-3H3,(H,14,18)(H,19,20)/t7?,8?,10-,11+/m0/s1. The van der Waals surface area contributed by atoms with E-state index in [0.29, 0.717) is 13.0 Å². The highest BCUT2D eigenvalue weighted by Gasteiger charge is 2.52. The predicted octanol–water partition coefficient (Wildman–Crippen LogP) is 0.0766. The van der Waals surface area contributed by atoms with Crippen molar-refractivity contribution in [3.8, 4) is 0 Å². The average Bonchev–Trinajstić information content (AvgIpc) is 2.79. The predicted molar refractivity (Wildman–Crippen MR) is 70.7 cm³/mol. The van der Waals surface area contributed by atoms with Crippen LogP contribution in [-0.2, 0) is 23.1 Å². The van der Waals surface area contributed by atoms with Crippen LogP contribution >= 0.6 is 0 Å². The number of carboxylic acid groups (broad SMARTS) is 1. The van der Waals surface area contributed by atoms with Crippen LogP contribution in [-0.4, -0.2) is 38.3 Å². The van der Waals surface area contributed by atoms with Gasteiger partial charge in [-0.2, -0.15) is 5.10 Å². The van der Waals surface area contributed by atoms with Crippen LogP contribution in [0.2, 0.25) is 0 Å². The van der Waals surface area contributed by atoms with Gasteiger partial charge in [0, 0.05) is 20.0 Å². The molecule has 0 radical (unpaired) electrons. The van der Waals surface area contributed by atoms with Gasteiger partial charge in [-0.1, -0.05) is 13.8 Å². The summed E-state index contributed by atoms with van der Waals surface area (Å²) in [6, 6.07) is 0. The number of carbonyl (C=O) groups is 2. The van der Waals surface area contributed by atoms with Gasteiger partial charge in [-0.25, -0.2) is 4.98 Å². The second-order valence-corrected chi connectivity index (χ2v) is 5.45. The topological polar surface area (TPSA) is 97.1 Å². The number of rotatable bonds is 5. The molecular formula is C13H20N4O3. The summed E-state index contributed by atoms with van der Waals surface area (Å²) in [7, 11) is 1.79. The summed E-state index contributed by atoms with van der Waals surface area (Å²) < 4.78 is 1.65. The van der Waals surface area contributed by atoms with E-state index in [1.165, 1.54) is 6.33 Å². The molecule has 0 aliphatic heterocycles. The van der Waals surface area contributed by atoms with Crippen molar-refractivity contribution < 1.29 is 14.7 Å². The highest BCUT2D eigenvalue weighted by Crippen LogP contribution is 2.45. The zero-order valence-corrected chi connectivity index (χ0v) is 11.9. The van der Waals surface area contributed by atoms with Gasteiger partial charge in [0.2, 0.25) is 5.91 Å². The van der Waals surface area contributed by atoms with Crippen LogP contribution in [0.3, 0.4) is 0 Å². The van der Waals surface area contributed by atoms with Gasteiger partial charge in [0.1, 0.15) is 12.2 Å². The zero-order chi connectivity index (χ0) is 14.9. The van der Waals surface area contributed by atoms with Crippen molar-refractivity contribution in [1.82, 2.24) is 20.1 Å². The Labute approximate surface area is 117 Å². The van der Waals surface area contributed by atoms with Crippen molar-refractivity contribution in [3.63, 3.8) is 0 Å². The first-order valence-corrected chi connectivity index (χ1v) is 6.77. The van der Waals surface area contributed by atoms with Crippen molar-refractivity contribution in [1.29, 1.82) is 0 Å². The molecule has 0 spiro atoms. The van der Waals surface area contributed by atoms with Gasteiger partial charge in [-0.3, -0.25) is 14.3 Å². The van der Waals surface area contributed by atoms with E-state index < -0.39 is 17.8 Å². The summed E-state index contributed by atoms with van der Waals surface area (Å²) in [6.45, 7) is 4.25. The van der Waals surface area contributed by atoms with E-state index in [9.17, 15) is 9.59 Å². The summed E-state index contributed by atoms with van der Waals surface area (Å²) in [5.41, 5.74) is 0. The molecule has 1 amide bonds. The maximum absolute atomic E-state index is 12.1. The summed E-state index contributed by atoms with van der Waals surface area (Å²) in [5, 5.41) is 15.9. The molecule has 1 aromatic heterocycles. The molecule has 1 aromatic rings. The Bertz CT molecular complexity index is 513. The molecule has 0 saturated heterocycles. The number of amides is 1. The van der Waals surface area contributed by atoms with E-state index in [2.05, 4.69) is 15.4 Å². The van der Waals surface area contributed by atoms with Crippen molar-refractivity contribution in [2.75, 3.05) is 6.54 Å². The van der Waals surface area contributed by atoms with Crippen LogP contribution in [0, 0.1) is 23.7 Å². The third-order valence-electron chi connectivity index (χ3n) is 4.39. The second-order valence-electron chi connectivity index (χ2n) is 5.45. The Balaban J connectivity index is 1.86. The molecule has 2 unspecified atom stereocenters. The highest BCUT2D eigenvalue weighted by atomic mass is 16.4. The summed E-state index contributed by atoms with van der Waals surface area (Å²) >= 11 is 0. The van der Waals surface area contributed by atoms with Gasteiger partial charge < -0.3 is 10.4 Å². The third-order valence-corrected chi connectivity index (χ3v) is 4.39. The number of aromatic nitrogens is 3. The van der Waals surface area contributed by atoms with Crippen molar-refractivity contribution >= 4 is 11.9 Å². The van der Waals surface area contributed by atoms with Crippen molar-refractivity contribution in [2.24, 2.45) is 30.7 Å². The molecule has 0 aromatic carbocycles. The van der Waals surface area contributed by atoms with Crippen LogP contribution in [0.5, 0.6) is 0 Å². The Morgan fingerprint density at radius 2 is 2.00 bits per heavy atom. The molecular weight excluding hydrogens is 260 g/mol. The molecule has 2 N–H and O–H groups in total. The average molecular weight is 280 g/mol. The largest absolute Gasteiger partial charge is 0.481 e. The van der Waals surface area contributed by atoms with Crippen LogP contribution in [0.1, 0.15) is 19.7 Å². The van der Waals surface area contributed by atoms with E-state index >= 15 is 0 Å². The lowest BCUT2D eigenvalue weighted by Crippen LogP contribution is -2.55. The van der Waals surface area contributed by atoms with Crippen molar-refractivity contribution in [2.45, 2.75) is 20.3 Å². The fraction of sp³-hybridized carbons (Fsp3) is 0.692. The highest BCUT2D eigenvalue weighted by molar-refractivity contribution is 5.87. The minimum atomic E-state index is -0.885. The number of carbonyl (C=O) groups excluding carboxylic acids is 1. The van der Waals surface area contributed by atoms with Crippen LogP contribution in [0.15, 0.2) is 6.33 Å². The number of nitrogens with zero attached hydrogens (tertiary/aromatic N) is 3. The molecule has 1 aliphatic carbocycles. The van der Waals surface area contributed by atoms with Crippen LogP contribution in [0.4, 0.5) is 0 Å². The summed E-state index contributed by atoms with van der Waals surface area (Å²) in [4.78, 5) is 27.3. The molecule has 7 nitrogen and oxygen atoms in total. The maximum Gasteiger partial charge on any atom is 0.307 e. The number of hydrogen-bond donors (Lipinski definition) is 2. The molecule has 7 heteroatoms. The van der Waals surface area contributed by atoms with Gasteiger partial charge in [-0.05, 0) is 11.8 Å². The first-order chi connectivity index (χ1) is 9.43. The normalized spacial score (nSPS) is 28.8. The number of hydrogen-bond acceptors (Lipinski definition) is 4. The minimum Gasteiger partial charge on any atom is -0.481 e. The fourth-order valence-electron chi connectivity index (χ4n) is 2.90. The first kappa shape index (κ1) is 14.5. The Morgan fingerprint density at radius 3 is 2.55 bits per heavy atom. The quantitative estimate of drug-likeness (QED) is 0.796. The summed E-state index contributed by atoms with van der Waals surface area (Å²) in [5.74, 6) is -1.13. The lowest BCUT2D eigenvalue weighted by molar-refractivity contribution is -0.163. The first-order valence-electron chi connectivity index (χ1n) is 6.77. The van der Waals surface area contributed by atoms with Gasteiger partial charge in [0.15, 0.2) is 0 Å². The number of carboxylic acids is 1. The van der Waals surface area contributed by atoms with E-state index in [-0.39, 0.29) is 17.7 Å². The van der Waals surface area contributed by atoms with Crippen LogP contribution in [0.25, 0.3) is 0 Å². The Hall–Kier alpha value is -1.92. The molecule has 110 valence electrons. The van der Waals surface area contributed by atoms with E-state index in [0.717, 1.165) is 5.82 Å². The van der Waals surface area contributed by atoms with Gasteiger partial charge in [-0.15, -0.1) is 0 Å². The van der Waals surface area contributed by atoms with E-state index in [1.807, 2.05) is 13.8 Å². The lowest BCUT2D eigenvalue weighted by atomic mass is 9.57. The zero-order valence-electron chi connectivity index (χ0n) is 11.9. The van der Waals surface area contributed by atoms with Gasteiger partial charge >= 0.3 is 5.97 Å². The molecule has 1 heterocycles. The number of nitrogens with one attached hydrogen (secondary N) is 1. The van der Waals surface area contributed by atoms with Crippen LogP contribution < -0.4 is 5.32 Å². The van der Waals surface area contributed by atoms with Gasteiger partial charge in [0.05, 0.1) is 11.8 Å².